The van der Waals surface area contributed by atoms with Crippen LogP contribution in [0.2, 0.25) is 0 Å². The van der Waals surface area contributed by atoms with Gasteiger partial charge in [0, 0.05) is 19.8 Å². The van der Waals surface area contributed by atoms with E-state index < -0.39 is 0 Å². The van der Waals surface area contributed by atoms with Gasteiger partial charge in [-0.2, -0.15) is 0 Å². The lowest BCUT2D eigenvalue weighted by Crippen LogP contribution is -2.37. The van der Waals surface area contributed by atoms with Crippen molar-refractivity contribution in [1.29, 1.82) is 0 Å². The van der Waals surface area contributed by atoms with Crippen molar-refractivity contribution in [1.82, 2.24) is 15.6 Å². The highest BCUT2D eigenvalue weighted by molar-refractivity contribution is 14.0. The van der Waals surface area contributed by atoms with Crippen LogP contribution in [0.1, 0.15) is 31.5 Å². The molecule has 0 saturated carbocycles. The van der Waals surface area contributed by atoms with Gasteiger partial charge in [-0.1, -0.05) is 19.9 Å². The Kier molecular flexibility index (Phi) is 9.55. The Morgan fingerprint density at radius 2 is 2.11 bits per heavy atom. The minimum Gasteiger partial charge on any atom is -0.356 e. The van der Waals surface area contributed by atoms with E-state index in [1.54, 1.807) is 7.05 Å². The largest absolute Gasteiger partial charge is 0.356 e. The number of aliphatic imine (C=N–C) groups is 1. The zero-order chi connectivity index (χ0) is 13.4. The molecule has 1 aromatic heterocycles. The summed E-state index contributed by atoms with van der Waals surface area (Å²) in [4.78, 5) is 8.54. The van der Waals surface area contributed by atoms with Crippen molar-refractivity contribution in [2.45, 2.75) is 33.7 Å². The molecule has 2 N–H and O–H groups in total. The van der Waals surface area contributed by atoms with Gasteiger partial charge in [-0.15, -0.1) is 24.0 Å². The maximum Gasteiger partial charge on any atom is 0.191 e. The van der Waals surface area contributed by atoms with Crippen molar-refractivity contribution in [3.63, 3.8) is 0 Å². The molecule has 0 bridgehead atoms. The van der Waals surface area contributed by atoms with Crippen LogP contribution in [0.3, 0.4) is 0 Å². The molecule has 0 aliphatic heterocycles. The average molecular weight is 376 g/mol. The average Bonchev–Trinajstić information content (AvgIpc) is 2.35. The van der Waals surface area contributed by atoms with Crippen LogP contribution in [0.15, 0.2) is 23.3 Å². The van der Waals surface area contributed by atoms with Gasteiger partial charge in [0.05, 0.1) is 12.2 Å². The van der Waals surface area contributed by atoms with Gasteiger partial charge >= 0.3 is 0 Å². The van der Waals surface area contributed by atoms with Crippen LogP contribution in [-0.2, 0) is 6.54 Å². The third-order valence-corrected chi connectivity index (χ3v) is 2.78. The lowest BCUT2D eigenvalue weighted by Gasteiger charge is -2.13. The third kappa shape index (κ3) is 7.34. The fourth-order valence-corrected chi connectivity index (χ4v) is 1.57. The Morgan fingerprint density at radius 1 is 1.37 bits per heavy atom. The quantitative estimate of drug-likeness (QED) is 0.472. The molecule has 0 atom stereocenters. The molecule has 0 unspecified atom stereocenters. The van der Waals surface area contributed by atoms with E-state index in [4.69, 9.17) is 0 Å². The normalized spacial score (nSPS) is 11.1. The second kappa shape index (κ2) is 10.00. The first-order chi connectivity index (χ1) is 8.63. The molecule has 0 aliphatic carbocycles. The van der Waals surface area contributed by atoms with E-state index >= 15 is 0 Å². The minimum absolute atomic E-state index is 0. The monoisotopic (exact) mass is 376 g/mol. The molecule has 108 valence electrons. The van der Waals surface area contributed by atoms with Gasteiger partial charge in [0.15, 0.2) is 5.96 Å². The van der Waals surface area contributed by atoms with Crippen molar-refractivity contribution >= 4 is 29.9 Å². The maximum atomic E-state index is 4.35. The number of hydrogen-bond acceptors (Lipinski definition) is 2. The molecule has 0 aromatic carbocycles. The highest BCUT2D eigenvalue weighted by Crippen LogP contribution is 2.02. The van der Waals surface area contributed by atoms with Crippen molar-refractivity contribution in [3.8, 4) is 0 Å². The van der Waals surface area contributed by atoms with Gasteiger partial charge in [0.1, 0.15) is 0 Å². The summed E-state index contributed by atoms with van der Waals surface area (Å²) in [6.45, 7) is 8.15. The molecule has 19 heavy (non-hydrogen) atoms. The van der Waals surface area contributed by atoms with Gasteiger partial charge in [0.25, 0.3) is 0 Å². The number of aromatic nitrogens is 1. The van der Waals surface area contributed by atoms with Crippen molar-refractivity contribution in [3.05, 3.63) is 29.6 Å². The van der Waals surface area contributed by atoms with Crippen molar-refractivity contribution < 1.29 is 0 Å². The van der Waals surface area contributed by atoms with Crippen LogP contribution in [0.5, 0.6) is 0 Å². The van der Waals surface area contributed by atoms with E-state index in [1.165, 1.54) is 5.56 Å². The van der Waals surface area contributed by atoms with Crippen LogP contribution >= 0.6 is 24.0 Å². The summed E-state index contributed by atoms with van der Waals surface area (Å²) in [5, 5.41) is 6.58. The van der Waals surface area contributed by atoms with E-state index in [0.29, 0.717) is 12.5 Å². The summed E-state index contributed by atoms with van der Waals surface area (Å²) in [6.07, 6.45) is 2.96. The molecular formula is C14H25IN4. The van der Waals surface area contributed by atoms with E-state index in [2.05, 4.69) is 47.4 Å². The van der Waals surface area contributed by atoms with E-state index in [9.17, 15) is 0 Å². The summed E-state index contributed by atoms with van der Waals surface area (Å²) in [6, 6.07) is 4.02. The molecule has 1 aromatic rings. The Balaban J connectivity index is 0.00000324. The van der Waals surface area contributed by atoms with Crippen LogP contribution in [0, 0.1) is 12.8 Å². The molecule has 0 radical (unpaired) electrons. The SMILES string of the molecule is CN=C(NCCC(C)C)NCc1ncccc1C.I. The second-order valence-corrected chi connectivity index (χ2v) is 4.80. The number of hydrogen-bond donors (Lipinski definition) is 2. The first kappa shape index (κ1) is 18.1. The van der Waals surface area contributed by atoms with Crippen molar-refractivity contribution in [2.24, 2.45) is 10.9 Å². The van der Waals surface area contributed by atoms with E-state index in [1.807, 2.05) is 12.3 Å². The lowest BCUT2D eigenvalue weighted by molar-refractivity contribution is 0.573. The Hall–Kier alpha value is -0.850. The first-order valence-electron chi connectivity index (χ1n) is 6.48. The van der Waals surface area contributed by atoms with E-state index in [0.717, 1.165) is 24.6 Å². The van der Waals surface area contributed by atoms with Crippen LogP contribution in [-0.4, -0.2) is 24.5 Å². The number of rotatable bonds is 5. The third-order valence-electron chi connectivity index (χ3n) is 2.78. The molecule has 0 saturated heterocycles. The van der Waals surface area contributed by atoms with E-state index in [-0.39, 0.29) is 24.0 Å². The molecule has 5 heteroatoms. The Morgan fingerprint density at radius 3 is 2.68 bits per heavy atom. The number of pyridine rings is 1. The fraction of sp³-hybridized carbons (Fsp3) is 0.571. The summed E-state index contributed by atoms with van der Waals surface area (Å²) in [7, 11) is 1.79. The molecule has 1 rings (SSSR count). The topological polar surface area (TPSA) is 49.3 Å². The standard InChI is InChI=1S/C14H24N4.HI/c1-11(2)7-9-17-14(15-4)18-10-13-12(3)6-5-8-16-13;/h5-6,8,11H,7,9-10H2,1-4H3,(H2,15,17,18);1H. The first-order valence-corrected chi connectivity index (χ1v) is 6.48. The summed E-state index contributed by atoms with van der Waals surface area (Å²) in [5.41, 5.74) is 2.26. The molecule has 0 aliphatic rings. The van der Waals surface area contributed by atoms with Crippen molar-refractivity contribution in [2.75, 3.05) is 13.6 Å². The van der Waals surface area contributed by atoms with Gasteiger partial charge in [-0.25, -0.2) is 0 Å². The Labute approximate surface area is 133 Å². The van der Waals surface area contributed by atoms with Gasteiger partial charge in [0.2, 0.25) is 0 Å². The predicted octanol–water partition coefficient (Wildman–Crippen LogP) is 2.72. The number of nitrogens with zero attached hydrogens (tertiary/aromatic N) is 2. The zero-order valence-corrected chi connectivity index (χ0v) is 14.6. The summed E-state index contributed by atoms with van der Waals surface area (Å²) < 4.78 is 0. The summed E-state index contributed by atoms with van der Waals surface area (Å²) in [5.74, 6) is 1.54. The minimum atomic E-state index is 0. The molecule has 0 fully saturated rings. The lowest BCUT2D eigenvalue weighted by atomic mass is 10.1. The number of nitrogens with one attached hydrogen (secondary N) is 2. The smallest absolute Gasteiger partial charge is 0.191 e. The number of guanidine groups is 1. The van der Waals surface area contributed by atoms with Gasteiger partial charge < -0.3 is 10.6 Å². The van der Waals surface area contributed by atoms with Gasteiger partial charge in [-0.05, 0) is 30.9 Å². The highest BCUT2D eigenvalue weighted by Gasteiger charge is 2.01. The number of aryl methyl sites for hydroxylation is 1. The van der Waals surface area contributed by atoms with Crippen LogP contribution < -0.4 is 10.6 Å². The van der Waals surface area contributed by atoms with Gasteiger partial charge in [-0.3, -0.25) is 9.98 Å². The second-order valence-electron chi connectivity index (χ2n) is 4.80. The fourth-order valence-electron chi connectivity index (χ4n) is 1.57. The van der Waals surface area contributed by atoms with Crippen LogP contribution in [0.4, 0.5) is 0 Å². The zero-order valence-electron chi connectivity index (χ0n) is 12.2. The highest BCUT2D eigenvalue weighted by atomic mass is 127. The van der Waals surface area contributed by atoms with Crippen LogP contribution in [0.25, 0.3) is 0 Å². The number of halogens is 1. The molecular weight excluding hydrogens is 351 g/mol. The molecule has 4 nitrogen and oxygen atoms in total. The molecule has 0 spiro atoms. The molecule has 0 amide bonds. The maximum absolute atomic E-state index is 4.35. The summed E-state index contributed by atoms with van der Waals surface area (Å²) >= 11 is 0. The molecule has 1 heterocycles. The predicted molar refractivity (Wildman–Crippen MR) is 92.0 cm³/mol. The Bertz CT molecular complexity index is 391.